The molecule has 1 saturated carbocycles. The highest BCUT2D eigenvalue weighted by atomic mass is 16.5. The molecule has 4 atom stereocenters. The molecule has 40 heavy (non-hydrogen) atoms. The normalized spacial score (nSPS) is 23.6. The van der Waals surface area contributed by atoms with Gasteiger partial charge >= 0.3 is 0 Å². The van der Waals surface area contributed by atoms with E-state index in [1.807, 2.05) is 24.1 Å². The number of benzene rings is 2. The van der Waals surface area contributed by atoms with E-state index in [0.717, 1.165) is 67.9 Å². The number of nitrogens with two attached hydrogens (primary N) is 1. The molecule has 1 amide bonds. The number of aliphatic hydroxyl groups excluding tert-OH is 1. The van der Waals surface area contributed by atoms with Gasteiger partial charge in [0.1, 0.15) is 11.3 Å². The number of likely N-dealkylation sites (tertiary alicyclic amines) is 1. The molecule has 4 heterocycles. The van der Waals surface area contributed by atoms with E-state index in [4.69, 9.17) is 15.5 Å². The number of nitrogens with zero attached hydrogens (tertiary/aromatic N) is 5. The first-order valence-electron chi connectivity index (χ1n) is 14.6. The summed E-state index contributed by atoms with van der Waals surface area (Å²) in [5.74, 6) is 1.91. The van der Waals surface area contributed by atoms with Gasteiger partial charge in [0, 0.05) is 56.3 Å². The second-order valence-electron chi connectivity index (χ2n) is 11.7. The van der Waals surface area contributed by atoms with Gasteiger partial charge in [-0.1, -0.05) is 19.1 Å². The fraction of sp³-hybridized carbons (Fsp3) is 0.484. The Hall–Kier alpha value is -3.56. The van der Waals surface area contributed by atoms with Gasteiger partial charge in [-0.05, 0) is 55.9 Å². The van der Waals surface area contributed by atoms with Crippen molar-refractivity contribution in [2.75, 3.05) is 38.3 Å². The quantitative estimate of drug-likeness (QED) is 0.367. The number of aryl methyl sites for hydroxylation is 1. The number of carbonyl (C=O) groups is 1. The van der Waals surface area contributed by atoms with Crippen molar-refractivity contribution in [3.8, 4) is 17.3 Å². The molecular weight excluding hydrogens is 504 g/mol. The third-order valence-corrected chi connectivity index (χ3v) is 9.58. The molecule has 1 unspecified atom stereocenters. The molecule has 2 aromatic carbocycles. The molecule has 4 aromatic rings. The number of amides is 1. The summed E-state index contributed by atoms with van der Waals surface area (Å²) < 4.78 is 10.4. The second kappa shape index (κ2) is 9.52. The number of hydrogen-bond acceptors (Lipinski definition) is 6. The summed E-state index contributed by atoms with van der Waals surface area (Å²) in [4.78, 5) is 23.2. The summed E-state index contributed by atoms with van der Waals surface area (Å²) in [6.45, 7) is 4.86. The number of ether oxygens (including phenoxy) is 1. The van der Waals surface area contributed by atoms with E-state index in [1.165, 1.54) is 16.6 Å². The topological polar surface area (TPSA) is 102 Å². The number of aromatic nitrogens is 3. The van der Waals surface area contributed by atoms with Crippen LogP contribution in [-0.2, 0) is 7.05 Å². The van der Waals surface area contributed by atoms with Crippen LogP contribution in [0.1, 0.15) is 49.0 Å². The van der Waals surface area contributed by atoms with Gasteiger partial charge in [0.15, 0.2) is 5.82 Å². The molecular formula is C31H38N6O3. The van der Waals surface area contributed by atoms with E-state index in [0.29, 0.717) is 17.2 Å². The van der Waals surface area contributed by atoms with Crippen LogP contribution in [0, 0.1) is 5.92 Å². The van der Waals surface area contributed by atoms with Gasteiger partial charge < -0.3 is 34.5 Å². The van der Waals surface area contributed by atoms with Gasteiger partial charge in [-0.25, -0.2) is 4.98 Å². The summed E-state index contributed by atoms with van der Waals surface area (Å²) >= 11 is 0. The number of hydrogen-bond donors (Lipinski definition) is 2. The lowest BCUT2D eigenvalue weighted by Crippen LogP contribution is -2.41. The maximum absolute atomic E-state index is 13.7. The van der Waals surface area contributed by atoms with Crippen LogP contribution < -0.4 is 15.4 Å². The minimum Gasteiger partial charge on any atom is -0.494 e. The van der Waals surface area contributed by atoms with Gasteiger partial charge in [0.25, 0.3) is 5.91 Å². The van der Waals surface area contributed by atoms with Gasteiger partial charge in [-0.2, -0.15) is 0 Å². The van der Waals surface area contributed by atoms with Gasteiger partial charge in [-0.15, -0.1) is 0 Å². The lowest BCUT2D eigenvalue weighted by molar-refractivity contribution is 0.0700. The Morgan fingerprint density at radius 1 is 1.18 bits per heavy atom. The molecule has 2 bridgehead atoms. The molecule has 2 fully saturated rings. The van der Waals surface area contributed by atoms with Crippen LogP contribution in [-0.4, -0.2) is 75.5 Å². The molecule has 2 aliphatic heterocycles. The van der Waals surface area contributed by atoms with Crippen LogP contribution in [0.15, 0.2) is 36.4 Å². The number of anilines is 1. The third kappa shape index (κ3) is 3.60. The van der Waals surface area contributed by atoms with Crippen LogP contribution in [0.4, 0.5) is 5.69 Å². The molecule has 1 saturated heterocycles. The Kier molecular flexibility index (Phi) is 6.05. The molecule has 1 aliphatic carbocycles. The summed E-state index contributed by atoms with van der Waals surface area (Å²) in [6.07, 6.45) is 3.81. The Morgan fingerprint density at radius 3 is 2.73 bits per heavy atom. The lowest BCUT2D eigenvalue weighted by Gasteiger charge is -2.36. The number of aliphatic hydroxyl groups is 1. The fourth-order valence-corrected chi connectivity index (χ4v) is 7.56. The molecule has 0 spiro atoms. The van der Waals surface area contributed by atoms with Crippen molar-refractivity contribution in [3.63, 3.8) is 0 Å². The van der Waals surface area contributed by atoms with Crippen LogP contribution >= 0.6 is 0 Å². The van der Waals surface area contributed by atoms with Gasteiger partial charge in [0.2, 0.25) is 0 Å². The second-order valence-corrected chi connectivity index (χ2v) is 11.7. The van der Waals surface area contributed by atoms with Crippen molar-refractivity contribution in [1.82, 2.24) is 19.0 Å². The maximum Gasteiger partial charge on any atom is 0.254 e. The summed E-state index contributed by atoms with van der Waals surface area (Å²) in [6, 6.07) is 12.9. The van der Waals surface area contributed by atoms with E-state index in [9.17, 15) is 9.90 Å². The molecule has 3 aliphatic rings. The maximum atomic E-state index is 13.7. The zero-order valence-electron chi connectivity index (χ0n) is 23.5. The van der Waals surface area contributed by atoms with Crippen molar-refractivity contribution in [2.24, 2.45) is 18.7 Å². The number of imidazole rings is 1. The highest BCUT2D eigenvalue weighted by Gasteiger charge is 2.47. The van der Waals surface area contributed by atoms with Crippen LogP contribution in [0.2, 0.25) is 0 Å². The first-order chi connectivity index (χ1) is 19.4. The molecule has 3 N–H and O–H groups in total. The standard InChI is InChI=1S/C31H38N6O3/c1-4-21-17-35(11-6-12-38)24-8-5-7-18-14-25(37(21)28(18)24)30-33-22-13-20(15-26(40-3)29(22)34(30)2)31(39)36-16-19-9-10-23(36)27(19)32/h5,7-8,13-15,19,21,23,27,38H,4,6,9-12,16-17,32H2,1-3H3/t19-,21?,23-,27-/m1/s1. The molecule has 0 radical (unpaired) electrons. The number of rotatable bonds is 7. The predicted molar refractivity (Wildman–Crippen MR) is 157 cm³/mol. The van der Waals surface area contributed by atoms with Crippen LogP contribution in [0.3, 0.4) is 0 Å². The summed E-state index contributed by atoms with van der Waals surface area (Å²) in [5, 5.41) is 10.7. The van der Waals surface area contributed by atoms with Crippen molar-refractivity contribution in [3.05, 3.63) is 42.0 Å². The van der Waals surface area contributed by atoms with Crippen LogP contribution in [0.25, 0.3) is 33.5 Å². The third-order valence-electron chi connectivity index (χ3n) is 9.58. The number of carbonyl (C=O) groups excluding carboxylic acids is 1. The van der Waals surface area contributed by atoms with Gasteiger partial charge in [0.05, 0.1) is 35.6 Å². The van der Waals surface area contributed by atoms with Crippen molar-refractivity contribution >= 4 is 33.5 Å². The minimum atomic E-state index is 0.0113. The van der Waals surface area contributed by atoms with E-state index >= 15 is 0 Å². The van der Waals surface area contributed by atoms with Crippen LogP contribution in [0.5, 0.6) is 5.75 Å². The fourth-order valence-electron chi connectivity index (χ4n) is 7.56. The first kappa shape index (κ1) is 25.4. The van der Waals surface area contributed by atoms with Crippen molar-refractivity contribution in [2.45, 2.75) is 50.7 Å². The highest BCUT2D eigenvalue weighted by molar-refractivity contribution is 6.01. The SMILES string of the molecule is CCC1CN(CCCO)c2cccc3cc(-c4nc5cc(C(=O)N6C[C@H]7CC[C@@H]6[C@@H]7N)cc(OC)c5n4C)n1c23. The highest BCUT2D eigenvalue weighted by Crippen LogP contribution is 2.43. The minimum absolute atomic E-state index is 0.0113. The molecule has 9 heteroatoms. The molecule has 7 rings (SSSR count). The number of fused-ring (bicyclic) bond motifs is 3. The van der Waals surface area contributed by atoms with E-state index in [-0.39, 0.29) is 30.6 Å². The number of para-hydroxylation sites is 1. The van der Waals surface area contributed by atoms with Gasteiger partial charge in [-0.3, -0.25) is 4.79 Å². The monoisotopic (exact) mass is 542 g/mol. The smallest absolute Gasteiger partial charge is 0.254 e. The predicted octanol–water partition coefficient (Wildman–Crippen LogP) is 3.92. The number of piperidine rings is 1. The zero-order chi connectivity index (χ0) is 27.7. The number of methoxy groups -OCH3 is 1. The Balaban J connectivity index is 1.35. The Morgan fingerprint density at radius 2 is 2.02 bits per heavy atom. The first-order valence-corrected chi connectivity index (χ1v) is 14.6. The zero-order valence-corrected chi connectivity index (χ0v) is 23.5. The summed E-state index contributed by atoms with van der Waals surface area (Å²) in [5.41, 5.74) is 12.1. The van der Waals surface area contributed by atoms with E-state index < -0.39 is 0 Å². The van der Waals surface area contributed by atoms with E-state index in [2.05, 4.69) is 45.2 Å². The van der Waals surface area contributed by atoms with Crippen molar-refractivity contribution in [1.29, 1.82) is 0 Å². The summed E-state index contributed by atoms with van der Waals surface area (Å²) in [7, 11) is 3.68. The largest absolute Gasteiger partial charge is 0.494 e. The average molecular weight is 543 g/mol. The molecule has 210 valence electrons. The van der Waals surface area contributed by atoms with Crippen molar-refractivity contribution < 1.29 is 14.6 Å². The molecule has 9 nitrogen and oxygen atoms in total. The Labute approximate surface area is 234 Å². The Bertz CT molecular complexity index is 1620. The van der Waals surface area contributed by atoms with E-state index in [1.54, 1.807) is 7.11 Å². The lowest BCUT2D eigenvalue weighted by atomic mass is 10.1. The average Bonchev–Trinajstić information content (AvgIpc) is 3.72. The molecule has 2 aromatic heterocycles.